The van der Waals surface area contributed by atoms with Crippen molar-refractivity contribution in [3.8, 4) is 0 Å². The Morgan fingerprint density at radius 1 is 1.52 bits per heavy atom. The molecule has 0 spiro atoms. The Labute approximate surface area is 136 Å². The number of thiazole rings is 1. The summed E-state index contributed by atoms with van der Waals surface area (Å²) in [5.74, 6) is 1.86. The van der Waals surface area contributed by atoms with Crippen LogP contribution in [-0.2, 0) is 0 Å². The smallest absolute Gasteiger partial charge is 0.373 e. The maximum absolute atomic E-state index is 11.6. The van der Waals surface area contributed by atoms with Crippen LogP contribution in [0.25, 0.3) is 4.96 Å². The molecule has 4 rings (SSSR count). The van der Waals surface area contributed by atoms with Crippen LogP contribution in [0.1, 0.15) is 31.6 Å². The van der Waals surface area contributed by atoms with Crippen LogP contribution in [0.5, 0.6) is 0 Å². The maximum Gasteiger partial charge on any atom is 0.373 e. The zero-order valence-electron chi connectivity index (χ0n) is 12.6. The van der Waals surface area contributed by atoms with E-state index in [1.807, 2.05) is 17.0 Å². The Morgan fingerprint density at radius 2 is 2.39 bits per heavy atom. The number of nitro groups is 1. The molecule has 8 heteroatoms. The van der Waals surface area contributed by atoms with E-state index in [0.717, 1.165) is 25.1 Å². The van der Waals surface area contributed by atoms with E-state index in [1.54, 1.807) is 22.2 Å². The number of anilines is 1. The first-order chi connectivity index (χ1) is 11.1. The zero-order chi connectivity index (χ0) is 16.0. The van der Waals surface area contributed by atoms with E-state index in [1.165, 1.54) is 11.3 Å². The maximum atomic E-state index is 11.6. The highest BCUT2D eigenvalue weighted by Gasteiger charge is 2.36. The Balaban J connectivity index is 1.83. The van der Waals surface area contributed by atoms with E-state index < -0.39 is 0 Å². The second-order valence-corrected chi connectivity index (χ2v) is 6.80. The van der Waals surface area contributed by atoms with Crippen LogP contribution in [0, 0.1) is 16.0 Å². The summed E-state index contributed by atoms with van der Waals surface area (Å²) in [7, 11) is 0. The van der Waals surface area contributed by atoms with Crippen LogP contribution in [0.4, 0.5) is 11.6 Å². The second kappa shape index (κ2) is 5.38. The highest BCUT2D eigenvalue weighted by Crippen LogP contribution is 2.41. The van der Waals surface area contributed by atoms with Gasteiger partial charge in [0.15, 0.2) is 0 Å². The summed E-state index contributed by atoms with van der Waals surface area (Å²) in [6.07, 6.45) is 5.23. The van der Waals surface area contributed by atoms with Crippen LogP contribution in [0.2, 0.25) is 0 Å². The van der Waals surface area contributed by atoms with Crippen LogP contribution in [-0.4, -0.2) is 20.9 Å². The molecule has 0 bridgehead atoms. The van der Waals surface area contributed by atoms with Crippen LogP contribution >= 0.6 is 11.3 Å². The molecule has 0 N–H and O–H groups in total. The first-order valence-electron chi connectivity index (χ1n) is 7.55. The molecule has 0 amide bonds. The first kappa shape index (κ1) is 14.3. The molecule has 120 valence electrons. The van der Waals surface area contributed by atoms with Crippen molar-refractivity contribution < 1.29 is 9.34 Å². The fraction of sp³-hybridized carbons (Fsp3) is 0.400. The summed E-state index contributed by atoms with van der Waals surface area (Å²) in [4.78, 5) is 18.4. The zero-order valence-corrected chi connectivity index (χ0v) is 13.4. The van der Waals surface area contributed by atoms with Gasteiger partial charge >= 0.3 is 5.82 Å². The highest BCUT2D eigenvalue weighted by atomic mass is 32.1. The lowest BCUT2D eigenvalue weighted by atomic mass is 9.91. The molecule has 1 aliphatic heterocycles. The number of hydrogen-bond donors (Lipinski definition) is 0. The van der Waals surface area contributed by atoms with Crippen molar-refractivity contribution in [2.75, 3.05) is 11.4 Å². The van der Waals surface area contributed by atoms with E-state index >= 15 is 0 Å². The van der Waals surface area contributed by atoms with Crippen LogP contribution in [0.15, 0.2) is 34.4 Å². The number of imidazole rings is 1. The van der Waals surface area contributed by atoms with Crippen molar-refractivity contribution >= 4 is 27.9 Å². The lowest BCUT2D eigenvalue weighted by Gasteiger charge is -2.37. The lowest BCUT2D eigenvalue weighted by molar-refractivity contribution is -0.389. The van der Waals surface area contributed by atoms with Gasteiger partial charge in [-0.1, -0.05) is 18.3 Å². The summed E-state index contributed by atoms with van der Waals surface area (Å²) in [5, 5.41) is 13.4. The van der Waals surface area contributed by atoms with Crippen LogP contribution in [0.3, 0.4) is 0 Å². The molecule has 3 aromatic rings. The minimum Gasteiger partial charge on any atom is -0.467 e. The molecule has 4 heterocycles. The highest BCUT2D eigenvalue weighted by molar-refractivity contribution is 7.15. The van der Waals surface area contributed by atoms with E-state index in [2.05, 4.69) is 11.9 Å². The molecular formula is C15H16N4O3S. The number of piperidine rings is 1. The van der Waals surface area contributed by atoms with E-state index in [-0.39, 0.29) is 16.8 Å². The predicted molar refractivity (Wildman–Crippen MR) is 86.9 cm³/mol. The van der Waals surface area contributed by atoms with Crippen LogP contribution < -0.4 is 4.90 Å². The molecule has 3 aromatic heterocycles. The van der Waals surface area contributed by atoms with Crippen molar-refractivity contribution in [2.45, 2.75) is 25.8 Å². The predicted octanol–water partition coefficient (Wildman–Crippen LogP) is 3.87. The van der Waals surface area contributed by atoms with Gasteiger partial charge in [-0.25, -0.2) is 0 Å². The summed E-state index contributed by atoms with van der Waals surface area (Å²) < 4.78 is 7.14. The molecule has 0 aliphatic carbocycles. The largest absolute Gasteiger partial charge is 0.467 e. The average Bonchev–Trinajstić information content (AvgIpc) is 3.23. The second-order valence-electron chi connectivity index (χ2n) is 5.93. The van der Waals surface area contributed by atoms with Gasteiger partial charge in [-0.05, 0) is 35.8 Å². The summed E-state index contributed by atoms with van der Waals surface area (Å²) in [6, 6.07) is 3.77. The van der Waals surface area contributed by atoms with Gasteiger partial charge in [0.1, 0.15) is 12.0 Å². The number of furan rings is 1. The van der Waals surface area contributed by atoms with Gasteiger partial charge in [-0.2, -0.15) is 9.38 Å². The molecule has 1 saturated heterocycles. The van der Waals surface area contributed by atoms with Gasteiger partial charge < -0.3 is 19.4 Å². The van der Waals surface area contributed by atoms with Crippen molar-refractivity contribution in [3.63, 3.8) is 0 Å². The first-order valence-corrected chi connectivity index (χ1v) is 8.43. The van der Waals surface area contributed by atoms with Gasteiger partial charge in [0.05, 0.1) is 12.3 Å². The molecule has 1 fully saturated rings. The standard InChI is InChI=1S/C15H16N4O3S/c1-10-4-5-17(11(9-10)12-3-2-7-22-12)13-14(19(20)21)18-6-8-23-15(18)16-13/h2-3,6-8,10-11H,4-5,9H2,1H3. The fourth-order valence-electron chi connectivity index (χ4n) is 3.27. The van der Waals surface area contributed by atoms with E-state index in [4.69, 9.17) is 4.42 Å². The molecular weight excluding hydrogens is 316 g/mol. The molecule has 7 nitrogen and oxygen atoms in total. The minimum atomic E-state index is -0.348. The van der Waals surface area contributed by atoms with Crippen molar-refractivity contribution in [2.24, 2.45) is 5.92 Å². The van der Waals surface area contributed by atoms with Gasteiger partial charge in [-0.3, -0.25) is 0 Å². The van der Waals surface area contributed by atoms with Crippen molar-refractivity contribution in [1.29, 1.82) is 0 Å². The molecule has 0 radical (unpaired) electrons. The molecule has 2 atom stereocenters. The fourth-order valence-corrected chi connectivity index (χ4v) is 3.97. The molecule has 1 aliphatic rings. The number of nitrogens with zero attached hydrogens (tertiary/aromatic N) is 4. The van der Waals surface area contributed by atoms with Gasteiger partial charge in [0, 0.05) is 11.9 Å². The summed E-state index contributed by atoms with van der Waals surface area (Å²) >= 11 is 1.40. The Bertz CT molecular complexity index is 838. The summed E-state index contributed by atoms with van der Waals surface area (Å²) in [5.41, 5.74) is 0. The molecule has 0 saturated carbocycles. The quantitative estimate of drug-likeness (QED) is 0.537. The van der Waals surface area contributed by atoms with Crippen molar-refractivity contribution in [3.05, 3.63) is 45.8 Å². The third-order valence-electron chi connectivity index (χ3n) is 4.40. The van der Waals surface area contributed by atoms with Crippen molar-refractivity contribution in [1.82, 2.24) is 9.38 Å². The van der Waals surface area contributed by atoms with E-state index in [9.17, 15) is 10.1 Å². The SMILES string of the molecule is CC1CCN(c2nc3sccn3c2[N+](=O)[O-])C(c2ccco2)C1. The van der Waals surface area contributed by atoms with Gasteiger partial charge in [-0.15, -0.1) is 0 Å². The van der Waals surface area contributed by atoms with Gasteiger partial charge in [0.25, 0.3) is 4.96 Å². The van der Waals surface area contributed by atoms with Gasteiger partial charge in [0.2, 0.25) is 5.82 Å². The number of fused-ring (bicyclic) bond motifs is 1. The minimum absolute atomic E-state index is 0.0166. The van der Waals surface area contributed by atoms with E-state index in [0.29, 0.717) is 16.7 Å². The average molecular weight is 332 g/mol. The monoisotopic (exact) mass is 332 g/mol. The molecule has 23 heavy (non-hydrogen) atoms. The number of hydrogen-bond acceptors (Lipinski definition) is 6. The Morgan fingerprint density at radius 3 is 3.13 bits per heavy atom. The number of rotatable bonds is 3. The topological polar surface area (TPSA) is 76.8 Å². The Kier molecular flexibility index (Phi) is 3.33. The Hall–Kier alpha value is -2.35. The lowest BCUT2D eigenvalue weighted by Crippen LogP contribution is -2.36. The third kappa shape index (κ3) is 2.29. The molecule has 2 unspecified atom stereocenters. The number of aromatic nitrogens is 2. The third-order valence-corrected chi connectivity index (χ3v) is 5.16. The molecule has 0 aromatic carbocycles. The normalized spacial score (nSPS) is 21.9. The summed E-state index contributed by atoms with van der Waals surface area (Å²) in [6.45, 7) is 2.94.